The third-order valence-electron chi connectivity index (χ3n) is 6.12. The summed E-state index contributed by atoms with van der Waals surface area (Å²) in [7, 11) is 0. The summed E-state index contributed by atoms with van der Waals surface area (Å²) in [5.41, 5.74) is 3.43. The lowest BCUT2D eigenvalue weighted by atomic mass is 10.1. The van der Waals surface area contributed by atoms with Gasteiger partial charge in [-0.3, -0.25) is 10.2 Å². The van der Waals surface area contributed by atoms with Crippen molar-refractivity contribution in [1.82, 2.24) is 9.58 Å². The summed E-state index contributed by atoms with van der Waals surface area (Å²) in [5, 5.41) is 17.3. The zero-order valence-electron chi connectivity index (χ0n) is 18.7. The highest BCUT2D eigenvalue weighted by atomic mass is 32.2. The van der Waals surface area contributed by atoms with Crippen LogP contribution in [0.4, 0.5) is 0 Å². The van der Waals surface area contributed by atoms with E-state index >= 15 is 0 Å². The summed E-state index contributed by atoms with van der Waals surface area (Å²) in [5.74, 6) is 0.00702. The van der Waals surface area contributed by atoms with Crippen LogP contribution in [0.15, 0.2) is 76.5 Å². The zero-order valence-corrected chi connectivity index (χ0v) is 19.5. The van der Waals surface area contributed by atoms with Gasteiger partial charge in [0.2, 0.25) is 5.17 Å². The highest BCUT2D eigenvalue weighted by Crippen LogP contribution is 2.33. The molecule has 0 aliphatic carbocycles. The minimum absolute atomic E-state index is 0.0818. The molecule has 2 aliphatic heterocycles. The SMILES string of the molecule is CCC(CC)C1=NN2C(=N)/C(=C\c3cn(Cc4ccccc4)c4ccccc34)C(=O)N=C2S1. The lowest BCUT2D eigenvalue weighted by Gasteiger charge is -2.20. The number of aliphatic imine (C=N–C) groups is 1. The number of hydrogen-bond acceptors (Lipinski definition) is 4. The molecule has 0 unspecified atom stereocenters. The average molecular weight is 456 g/mol. The minimum atomic E-state index is -0.389. The second-order valence-electron chi connectivity index (χ2n) is 8.19. The number of carbonyl (C=O) groups is 1. The van der Waals surface area contributed by atoms with Crippen LogP contribution in [0.2, 0.25) is 0 Å². The van der Waals surface area contributed by atoms with Crippen molar-refractivity contribution in [2.24, 2.45) is 16.0 Å². The largest absolute Gasteiger partial charge is 0.342 e. The monoisotopic (exact) mass is 455 g/mol. The Hall–Kier alpha value is -3.45. The molecular formula is C26H25N5OS. The number of hydrazone groups is 1. The van der Waals surface area contributed by atoms with Crippen molar-refractivity contribution in [2.45, 2.75) is 33.2 Å². The van der Waals surface area contributed by atoms with Gasteiger partial charge in [-0.1, -0.05) is 62.4 Å². The highest BCUT2D eigenvalue weighted by Gasteiger charge is 2.37. The number of aromatic nitrogens is 1. The van der Waals surface area contributed by atoms with Crippen LogP contribution < -0.4 is 0 Å². The maximum atomic E-state index is 12.9. The van der Waals surface area contributed by atoms with E-state index < -0.39 is 0 Å². The fourth-order valence-corrected chi connectivity index (χ4v) is 5.42. The van der Waals surface area contributed by atoms with E-state index in [2.05, 4.69) is 46.7 Å². The molecule has 1 amide bonds. The van der Waals surface area contributed by atoms with Crippen LogP contribution >= 0.6 is 11.8 Å². The quantitative estimate of drug-likeness (QED) is 0.481. The van der Waals surface area contributed by atoms with E-state index in [4.69, 9.17) is 5.41 Å². The maximum absolute atomic E-state index is 12.9. The molecule has 0 saturated heterocycles. The molecule has 33 heavy (non-hydrogen) atoms. The third-order valence-corrected chi connectivity index (χ3v) is 7.19. The molecule has 0 spiro atoms. The van der Waals surface area contributed by atoms with Crippen LogP contribution in [-0.4, -0.2) is 31.5 Å². The summed E-state index contributed by atoms with van der Waals surface area (Å²) in [6.45, 7) is 4.98. The van der Waals surface area contributed by atoms with Crippen molar-refractivity contribution < 1.29 is 4.79 Å². The number of hydrogen-bond donors (Lipinski definition) is 1. The maximum Gasteiger partial charge on any atom is 0.283 e. The van der Waals surface area contributed by atoms with Crippen molar-refractivity contribution >= 4 is 50.7 Å². The molecule has 2 aromatic carbocycles. The van der Waals surface area contributed by atoms with E-state index in [1.807, 2.05) is 42.6 Å². The van der Waals surface area contributed by atoms with Crippen LogP contribution in [0.1, 0.15) is 37.8 Å². The molecule has 0 fully saturated rings. The van der Waals surface area contributed by atoms with Gasteiger partial charge >= 0.3 is 0 Å². The van der Waals surface area contributed by atoms with E-state index in [9.17, 15) is 4.79 Å². The van der Waals surface area contributed by atoms with Gasteiger partial charge in [-0.15, -0.1) is 0 Å². The molecule has 0 bridgehead atoms. The Kier molecular flexibility index (Phi) is 5.72. The van der Waals surface area contributed by atoms with Crippen molar-refractivity contribution in [3.05, 3.63) is 77.5 Å². The molecule has 5 rings (SSSR count). The van der Waals surface area contributed by atoms with Gasteiger partial charge < -0.3 is 4.57 Å². The van der Waals surface area contributed by atoms with Crippen LogP contribution in [-0.2, 0) is 11.3 Å². The predicted octanol–water partition coefficient (Wildman–Crippen LogP) is 5.74. The Balaban J connectivity index is 1.53. The molecule has 166 valence electrons. The lowest BCUT2D eigenvalue weighted by molar-refractivity contribution is -0.114. The highest BCUT2D eigenvalue weighted by molar-refractivity contribution is 8.27. The number of carbonyl (C=O) groups excluding carboxylic acids is 1. The molecule has 1 N–H and O–H groups in total. The van der Waals surface area contributed by atoms with Gasteiger partial charge in [0.15, 0.2) is 5.84 Å². The molecule has 0 atom stereocenters. The average Bonchev–Trinajstić information content (AvgIpc) is 3.40. The Bertz CT molecular complexity index is 1330. The number of para-hydroxylation sites is 1. The first-order valence-electron chi connectivity index (χ1n) is 11.2. The van der Waals surface area contributed by atoms with Gasteiger partial charge in [-0.05, 0) is 42.3 Å². The Morgan fingerprint density at radius 3 is 2.55 bits per heavy atom. The topological polar surface area (TPSA) is 73.8 Å². The standard InChI is InChI=1S/C26H25N5OS/c1-3-18(4-2)25-29-31-23(27)21(24(32)28-26(31)33-25)14-19-16-30(15-17-10-6-5-7-11-17)22-13-9-8-12-20(19)22/h5-14,16,18,27H,3-4,15H2,1-2H3/b21-14+,27-23?. The molecule has 0 saturated carbocycles. The van der Waals surface area contributed by atoms with Gasteiger partial charge in [0.05, 0.1) is 5.57 Å². The number of benzene rings is 2. The second kappa shape index (κ2) is 8.83. The Morgan fingerprint density at radius 1 is 1.06 bits per heavy atom. The number of nitrogens with one attached hydrogen (secondary N) is 1. The van der Waals surface area contributed by atoms with Crippen molar-refractivity contribution in [2.75, 3.05) is 0 Å². The summed E-state index contributed by atoms with van der Waals surface area (Å²) in [6, 6.07) is 18.4. The Morgan fingerprint density at radius 2 is 1.79 bits per heavy atom. The van der Waals surface area contributed by atoms with Gasteiger partial charge in [-0.25, -0.2) is 0 Å². The van der Waals surface area contributed by atoms with Gasteiger partial charge in [0, 0.05) is 35.1 Å². The van der Waals surface area contributed by atoms with Gasteiger partial charge in [0.25, 0.3) is 5.91 Å². The van der Waals surface area contributed by atoms with Crippen molar-refractivity contribution in [1.29, 1.82) is 5.41 Å². The molecule has 1 aromatic heterocycles. The lowest BCUT2D eigenvalue weighted by Crippen LogP contribution is -2.35. The van der Waals surface area contributed by atoms with Crippen molar-refractivity contribution in [3.8, 4) is 0 Å². The number of amides is 1. The molecule has 3 heterocycles. The van der Waals surface area contributed by atoms with Crippen LogP contribution in [0.25, 0.3) is 17.0 Å². The fraction of sp³-hybridized carbons (Fsp3) is 0.231. The summed E-state index contributed by atoms with van der Waals surface area (Å²) in [6.07, 6.45) is 5.76. The zero-order chi connectivity index (χ0) is 22.9. The number of nitrogens with zero attached hydrogens (tertiary/aromatic N) is 4. The first kappa shape index (κ1) is 21.4. The molecule has 7 heteroatoms. The van der Waals surface area contributed by atoms with E-state index in [1.54, 1.807) is 6.08 Å². The predicted molar refractivity (Wildman–Crippen MR) is 137 cm³/mol. The summed E-state index contributed by atoms with van der Waals surface area (Å²) >= 11 is 1.41. The van der Waals surface area contributed by atoms with Crippen LogP contribution in [0, 0.1) is 11.3 Å². The smallest absolute Gasteiger partial charge is 0.283 e. The van der Waals surface area contributed by atoms with Gasteiger partial charge in [-0.2, -0.15) is 15.1 Å². The van der Waals surface area contributed by atoms with E-state index in [0.717, 1.165) is 40.9 Å². The number of thioether (sulfide) groups is 1. The summed E-state index contributed by atoms with van der Waals surface area (Å²) < 4.78 is 2.18. The third kappa shape index (κ3) is 3.93. The van der Waals surface area contributed by atoms with Crippen LogP contribution in [0.3, 0.4) is 0 Å². The van der Waals surface area contributed by atoms with Gasteiger partial charge in [0.1, 0.15) is 5.04 Å². The number of rotatable bonds is 6. The molecular weight excluding hydrogens is 430 g/mol. The minimum Gasteiger partial charge on any atom is -0.342 e. The molecule has 3 aromatic rings. The molecule has 6 nitrogen and oxygen atoms in total. The number of amidine groups is 2. The Labute approximate surface area is 197 Å². The van der Waals surface area contributed by atoms with E-state index in [0.29, 0.717) is 11.1 Å². The normalized spacial score (nSPS) is 17.2. The molecule has 2 aliphatic rings. The second-order valence-corrected chi connectivity index (χ2v) is 9.17. The van der Waals surface area contributed by atoms with E-state index in [-0.39, 0.29) is 17.3 Å². The van der Waals surface area contributed by atoms with E-state index in [1.165, 1.54) is 22.3 Å². The van der Waals surface area contributed by atoms with Crippen molar-refractivity contribution in [3.63, 3.8) is 0 Å². The molecule has 0 radical (unpaired) electrons. The first-order chi connectivity index (χ1) is 16.1. The first-order valence-corrected chi connectivity index (χ1v) is 12.0. The number of fused-ring (bicyclic) bond motifs is 2. The summed E-state index contributed by atoms with van der Waals surface area (Å²) in [4.78, 5) is 17.2. The fourth-order valence-electron chi connectivity index (χ4n) is 4.27. The van der Waals surface area contributed by atoms with Crippen LogP contribution in [0.5, 0.6) is 0 Å².